The average molecular weight is 487 g/mol. The Hall–Kier alpha value is -2.55. The van der Waals surface area contributed by atoms with E-state index in [0.29, 0.717) is 27.6 Å². The number of nitrogens with zero attached hydrogens (tertiary/aromatic N) is 3. The number of rotatable bonds is 7. The maximum Gasteiger partial charge on any atom is 0.262 e. The molecule has 0 radical (unpaired) electrons. The fourth-order valence-electron chi connectivity index (χ4n) is 3.71. The van der Waals surface area contributed by atoms with E-state index in [1.54, 1.807) is 22.8 Å². The van der Waals surface area contributed by atoms with E-state index in [9.17, 15) is 9.59 Å². The molecule has 1 aliphatic heterocycles. The molecule has 2 aromatic carbocycles. The zero-order valence-electron chi connectivity index (χ0n) is 18.7. The fourth-order valence-corrected chi connectivity index (χ4v) is 4.69. The van der Waals surface area contributed by atoms with Crippen LogP contribution in [0.15, 0.2) is 52.4 Å². The zero-order chi connectivity index (χ0) is 23.4. The second kappa shape index (κ2) is 10.6. The molecule has 0 unspecified atom stereocenters. The molecule has 1 saturated heterocycles. The van der Waals surface area contributed by atoms with Crippen molar-refractivity contribution in [3.63, 3.8) is 0 Å². The summed E-state index contributed by atoms with van der Waals surface area (Å²) in [4.78, 5) is 32.6. The number of benzene rings is 2. The van der Waals surface area contributed by atoms with Crippen LogP contribution < -0.4 is 15.8 Å². The maximum absolute atomic E-state index is 13.0. The van der Waals surface area contributed by atoms with Gasteiger partial charge in [0.1, 0.15) is 0 Å². The van der Waals surface area contributed by atoms with Gasteiger partial charge >= 0.3 is 0 Å². The summed E-state index contributed by atoms with van der Waals surface area (Å²) in [5.74, 6) is 0.241. The first-order valence-electron chi connectivity index (χ1n) is 11.0. The number of nitrogens with one attached hydrogen (secondary N) is 1. The molecular weight excluding hydrogens is 460 g/mol. The van der Waals surface area contributed by atoms with Gasteiger partial charge in [0.15, 0.2) is 5.16 Å². The zero-order valence-corrected chi connectivity index (χ0v) is 20.3. The van der Waals surface area contributed by atoms with Crippen molar-refractivity contribution in [2.45, 2.75) is 25.5 Å². The minimum Gasteiger partial charge on any atom is -0.378 e. The van der Waals surface area contributed by atoms with Gasteiger partial charge in [-0.2, -0.15) is 0 Å². The van der Waals surface area contributed by atoms with Crippen LogP contribution in [0.25, 0.3) is 10.9 Å². The molecule has 1 aliphatic rings. The number of anilines is 2. The molecule has 0 atom stereocenters. The van der Waals surface area contributed by atoms with Gasteiger partial charge in [-0.15, -0.1) is 0 Å². The predicted octanol–water partition coefficient (Wildman–Crippen LogP) is 4.27. The van der Waals surface area contributed by atoms with Gasteiger partial charge in [0, 0.05) is 36.0 Å². The first kappa shape index (κ1) is 23.6. The lowest BCUT2D eigenvalue weighted by molar-refractivity contribution is -0.113. The highest BCUT2D eigenvalue weighted by Gasteiger charge is 2.15. The highest BCUT2D eigenvalue weighted by Crippen LogP contribution is 2.23. The van der Waals surface area contributed by atoms with E-state index < -0.39 is 0 Å². The number of fused-ring (bicyclic) bond motifs is 1. The number of hydrogen-bond donors (Lipinski definition) is 1. The normalized spacial score (nSPS) is 14.1. The number of carbonyl (C=O) groups is 1. The SMILES string of the molecule is CC(C)Cn1c(SCC(=O)Nc2ccc(N3CCOCC3)cc2)nc2cc(Cl)ccc2c1=O. The molecule has 4 rings (SSSR count). The molecule has 0 aliphatic carbocycles. The molecule has 1 amide bonds. The van der Waals surface area contributed by atoms with Crippen molar-refractivity contribution in [3.05, 3.63) is 57.8 Å². The number of halogens is 1. The minimum atomic E-state index is -0.157. The Morgan fingerprint density at radius 1 is 1.18 bits per heavy atom. The quantitative estimate of drug-likeness (QED) is 0.397. The van der Waals surface area contributed by atoms with E-state index in [4.69, 9.17) is 16.3 Å². The van der Waals surface area contributed by atoms with Gasteiger partial charge in [-0.1, -0.05) is 37.2 Å². The van der Waals surface area contributed by atoms with Gasteiger partial charge < -0.3 is 15.0 Å². The van der Waals surface area contributed by atoms with Gasteiger partial charge in [0.2, 0.25) is 5.91 Å². The summed E-state index contributed by atoms with van der Waals surface area (Å²) in [6.07, 6.45) is 0. The minimum absolute atomic E-state index is 0.119. The van der Waals surface area contributed by atoms with Gasteiger partial charge in [0.05, 0.1) is 29.9 Å². The molecule has 1 aromatic heterocycles. The van der Waals surface area contributed by atoms with Gasteiger partial charge in [-0.3, -0.25) is 14.2 Å². The summed E-state index contributed by atoms with van der Waals surface area (Å²) in [5, 5.41) is 4.48. The smallest absolute Gasteiger partial charge is 0.262 e. The molecule has 1 fully saturated rings. The average Bonchev–Trinajstić information content (AvgIpc) is 2.80. The third-order valence-electron chi connectivity index (χ3n) is 5.29. The van der Waals surface area contributed by atoms with Crippen molar-refractivity contribution in [3.8, 4) is 0 Å². The van der Waals surface area contributed by atoms with Crippen molar-refractivity contribution in [1.82, 2.24) is 9.55 Å². The van der Waals surface area contributed by atoms with Crippen molar-refractivity contribution in [2.24, 2.45) is 5.92 Å². The molecule has 174 valence electrons. The van der Waals surface area contributed by atoms with Gasteiger partial charge in [0.25, 0.3) is 5.56 Å². The number of amides is 1. The van der Waals surface area contributed by atoms with Crippen molar-refractivity contribution >= 4 is 51.5 Å². The van der Waals surface area contributed by atoms with Crippen molar-refractivity contribution in [2.75, 3.05) is 42.3 Å². The van der Waals surface area contributed by atoms with Crippen LogP contribution in [0.2, 0.25) is 5.02 Å². The topological polar surface area (TPSA) is 76.5 Å². The van der Waals surface area contributed by atoms with Gasteiger partial charge in [-0.25, -0.2) is 4.98 Å². The van der Waals surface area contributed by atoms with E-state index in [-0.39, 0.29) is 23.1 Å². The number of aromatic nitrogens is 2. The van der Waals surface area contributed by atoms with E-state index >= 15 is 0 Å². The lowest BCUT2D eigenvalue weighted by atomic mass is 10.2. The summed E-state index contributed by atoms with van der Waals surface area (Å²) in [5.41, 5.74) is 2.26. The molecular formula is C24H27ClN4O3S. The molecule has 3 aromatic rings. The molecule has 7 nitrogen and oxygen atoms in total. The van der Waals surface area contributed by atoms with Crippen LogP contribution in [0.4, 0.5) is 11.4 Å². The van der Waals surface area contributed by atoms with Crippen molar-refractivity contribution in [1.29, 1.82) is 0 Å². The molecule has 0 saturated carbocycles. The molecule has 33 heavy (non-hydrogen) atoms. The number of morpholine rings is 1. The lowest BCUT2D eigenvalue weighted by Crippen LogP contribution is -2.36. The standard InChI is InChI=1S/C24H27ClN4O3S/c1-16(2)14-29-23(31)20-8-3-17(25)13-21(20)27-24(29)33-15-22(30)26-18-4-6-19(7-5-18)28-9-11-32-12-10-28/h3-8,13,16H,9-12,14-15H2,1-2H3,(H,26,30). The van der Waals surface area contributed by atoms with Gasteiger partial charge in [-0.05, 0) is 48.4 Å². The first-order valence-corrected chi connectivity index (χ1v) is 12.3. The molecule has 1 N–H and O–H groups in total. The molecule has 0 spiro atoms. The van der Waals surface area contributed by atoms with E-state index in [0.717, 1.165) is 37.7 Å². The Balaban J connectivity index is 1.46. The predicted molar refractivity (Wildman–Crippen MR) is 135 cm³/mol. The molecule has 2 heterocycles. The lowest BCUT2D eigenvalue weighted by Gasteiger charge is -2.28. The Bertz CT molecular complexity index is 1190. The van der Waals surface area contributed by atoms with Crippen LogP contribution in [0, 0.1) is 5.92 Å². The number of carbonyl (C=O) groups excluding carboxylic acids is 1. The maximum atomic E-state index is 13.0. The molecule has 9 heteroatoms. The summed E-state index contributed by atoms with van der Waals surface area (Å²) in [6.45, 7) is 7.80. The van der Waals surface area contributed by atoms with Crippen LogP contribution in [-0.2, 0) is 16.1 Å². The van der Waals surface area contributed by atoms with Crippen molar-refractivity contribution < 1.29 is 9.53 Å². The third kappa shape index (κ3) is 5.88. The van der Waals surface area contributed by atoms with Crippen LogP contribution in [0.3, 0.4) is 0 Å². The van der Waals surface area contributed by atoms with E-state index in [2.05, 4.69) is 15.2 Å². The van der Waals surface area contributed by atoms with Crippen LogP contribution in [0.1, 0.15) is 13.8 Å². The Morgan fingerprint density at radius 3 is 2.61 bits per heavy atom. The third-order valence-corrected chi connectivity index (χ3v) is 6.50. The number of ether oxygens (including phenoxy) is 1. The highest BCUT2D eigenvalue weighted by atomic mass is 35.5. The summed E-state index contributed by atoms with van der Waals surface area (Å²) >= 11 is 7.35. The second-order valence-electron chi connectivity index (χ2n) is 8.35. The number of hydrogen-bond acceptors (Lipinski definition) is 6. The molecule has 0 bridgehead atoms. The fraction of sp³-hybridized carbons (Fsp3) is 0.375. The number of thioether (sulfide) groups is 1. The Kier molecular flexibility index (Phi) is 7.57. The summed E-state index contributed by atoms with van der Waals surface area (Å²) in [7, 11) is 0. The largest absolute Gasteiger partial charge is 0.378 e. The summed E-state index contributed by atoms with van der Waals surface area (Å²) in [6, 6.07) is 12.9. The van der Waals surface area contributed by atoms with Crippen LogP contribution >= 0.6 is 23.4 Å². The van der Waals surface area contributed by atoms with E-state index in [1.807, 2.05) is 38.1 Å². The Labute approximate surface area is 202 Å². The van der Waals surface area contributed by atoms with Crippen LogP contribution in [0.5, 0.6) is 0 Å². The second-order valence-corrected chi connectivity index (χ2v) is 9.73. The van der Waals surface area contributed by atoms with Crippen LogP contribution in [-0.4, -0.2) is 47.5 Å². The monoisotopic (exact) mass is 486 g/mol. The first-order chi connectivity index (χ1) is 15.9. The Morgan fingerprint density at radius 2 is 1.91 bits per heavy atom. The highest BCUT2D eigenvalue weighted by molar-refractivity contribution is 7.99. The summed E-state index contributed by atoms with van der Waals surface area (Å²) < 4.78 is 7.04. The van der Waals surface area contributed by atoms with E-state index in [1.165, 1.54) is 11.8 Å².